The highest BCUT2D eigenvalue weighted by Crippen LogP contribution is 2.26. The number of halogens is 3. The third-order valence-corrected chi connectivity index (χ3v) is 4.11. The van der Waals surface area contributed by atoms with Crippen LogP contribution in [0.25, 0.3) is 0 Å². The Bertz CT molecular complexity index is 401. The average Bonchev–Trinajstić information content (AvgIpc) is 2.84. The smallest absolute Gasteiger partial charge is 0.475 e. The van der Waals surface area contributed by atoms with Crippen LogP contribution in [0.4, 0.5) is 13.2 Å². The Kier molecular flexibility index (Phi) is 7.10. The van der Waals surface area contributed by atoms with Gasteiger partial charge in [-0.1, -0.05) is 0 Å². The number of carbonyl (C=O) groups is 1. The van der Waals surface area contributed by atoms with Gasteiger partial charge in [-0.05, 0) is 51.1 Å². The van der Waals surface area contributed by atoms with Gasteiger partial charge < -0.3 is 15.7 Å². The molecule has 0 aromatic carbocycles. The summed E-state index contributed by atoms with van der Waals surface area (Å²) in [7, 11) is 0. The van der Waals surface area contributed by atoms with Crippen LogP contribution in [-0.2, 0) is 4.79 Å². The monoisotopic (exact) mass is 321 g/mol. The van der Waals surface area contributed by atoms with Gasteiger partial charge in [0.1, 0.15) is 0 Å². The van der Waals surface area contributed by atoms with Crippen molar-refractivity contribution in [2.75, 3.05) is 19.6 Å². The molecule has 22 heavy (non-hydrogen) atoms. The number of nitriles is 1. The standard InChI is InChI=1S/C12H21N3.C2HF3O2/c13-8-10-3-5-15(6-4-10)9-11-1-2-12(14)7-11;3-2(4,5)1(6)7/h10-12H,1-7,9,14H2;(H,6,7). The maximum absolute atomic E-state index is 10.6. The first kappa shape index (κ1) is 18.7. The molecule has 0 aromatic rings. The van der Waals surface area contributed by atoms with Crippen LogP contribution >= 0.6 is 0 Å². The van der Waals surface area contributed by atoms with Crippen LogP contribution in [0.3, 0.4) is 0 Å². The van der Waals surface area contributed by atoms with Crippen molar-refractivity contribution in [1.82, 2.24) is 4.90 Å². The fraction of sp³-hybridized carbons (Fsp3) is 0.857. The second kappa shape index (κ2) is 8.34. The molecule has 0 aromatic heterocycles. The third kappa shape index (κ3) is 6.62. The average molecular weight is 321 g/mol. The number of carboxylic acid groups (broad SMARTS) is 1. The molecule has 2 aliphatic rings. The molecule has 1 heterocycles. The summed E-state index contributed by atoms with van der Waals surface area (Å²) < 4.78 is 31.7. The van der Waals surface area contributed by atoms with Crippen molar-refractivity contribution in [3.05, 3.63) is 0 Å². The molecule has 8 heteroatoms. The van der Waals surface area contributed by atoms with Crippen LogP contribution in [0, 0.1) is 23.2 Å². The van der Waals surface area contributed by atoms with Gasteiger partial charge in [-0.3, -0.25) is 0 Å². The lowest BCUT2D eigenvalue weighted by atomic mass is 9.97. The maximum atomic E-state index is 10.6. The van der Waals surface area contributed by atoms with E-state index in [9.17, 15) is 13.2 Å². The Morgan fingerprint density at radius 2 is 1.82 bits per heavy atom. The first-order valence-corrected chi connectivity index (χ1v) is 7.40. The quantitative estimate of drug-likeness (QED) is 0.811. The minimum atomic E-state index is -5.08. The molecule has 1 saturated heterocycles. The number of hydrogen-bond acceptors (Lipinski definition) is 4. The zero-order valence-electron chi connectivity index (χ0n) is 12.4. The number of hydrogen-bond donors (Lipinski definition) is 2. The molecule has 1 saturated carbocycles. The van der Waals surface area contributed by atoms with Gasteiger partial charge >= 0.3 is 12.1 Å². The number of aliphatic carboxylic acids is 1. The Morgan fingerprint density at radius 1 is 1.27 bits per heavy atom. The van der Waals surface area contributed by atoms with Gasteiger partial charge in [0, 0.05) is 18.5 Å². The normalized spacial score (nSPS) is 26.9. The van der Waals surface area contributed by atoms with Crippen LogP contribution in [0.15, 0.2) is 0 Å². The molecular formula is C14H22F3N3O2. The summed E-state index contributed by atoms with van der Waals surface area (Å²) in [4.78, 5) is 11.4. The molecule has 3 N–H and O–H groups in total. The zero-order chi connectivity index (χ0) is 16.8. The van der Waals surface area contributed by atoms with Crippen LogP contribution in [-0.4, -0.2) is 47.8 Å². The molecule has 2 rings (SSSR count). The lowest BCUT2D eigenvalue weighted by molar-refractivity contribution is -0.192. The molecule has 1 aliphatic heterocycles. The Balaban J connectivity index is 0.000000295. The van der Waals surface area contributed by atoms with E-state index in [1.165, 1.54) is 25.8 Å². The van der Waals surface area contributed by atoms with Crippen molar-refractivity contribution >= 4 is 5.97 Å². The Morgan fingerprint density at radius 3 is 2.18 bits per heavy atom. The van der Waals surface area contributed by atoms with Gasteiger partial charge in [0.2, 0.25) is 0 Å². The van der Waals surface area contributed by atoms with Gasteiger partial charge in [-0.15, -0.1) is 0 Å². The van der Waals surface area contributed by atoms with Gasteiger partial charge in [0.15, 0.2) is 0 Å². The lowest BCUT2D eigenvalue weighted by Gasteiger charge is -2.31. The topological polar surface area (TPSA) is 90.4 Å². The minimum Gasteiger partial charge on any atom is -0.475 e. The maximum Gasteiger partial charge on any atom is 0.490 e. The van der Waals surface area contributed by atoms with Crippen molar-refractivity contribution in [3.63, 3.8) is 0 Å². The summed E-state index contributed by atoms with van der Waals surface area (Å²) in [5.41, 5.74) is 5.91. The van der Waals surface area contributed by atoms with Crippen LogP contribution in [0.5, 0.6) is 0 Å². The van der Waals surface area contributed by atoms with Crippen LogP contribution < -0.4 is 5.73 Å². The highest BCUT2D eigenvalue weighted by molar-refractivity contribution is 5.73. The van der Waals surface area contributed by atoms with Crippen molar-refractivity contribution in [2.45, 2.75) is 44.3 Å². The SMILES string of the molecule is N#CC1CCN(CC2CCC(N)C2)CC1.O=C(O)C(F)(F)F. The lowest BCUT2D eigenvalue weighted by Crippen LogP contribution is -2.36. The second-order valence-electron chi connectivity index (χ2n) is 5.95. The van der Waals surface area contributed by atoms with E-state index in [4.69, 9.17) is 20.9 Å². The Hall–Kier alpha value is -1.33. The first-order valence-electron chi connectivity index (χ1n) is 7.40. The van der Waals surface area contributed by atoms with E-state index in [0.29, 0.717) is 12.0 Å². The number of nitrogens with zero attached hydrogens (tertiary/aromatic N) is 2. The van der Waals surface area contributed by atoms with Crippen molar-refractivity contribution < 1.29 is 23.1 Å². The van der Waals surface area contributed by atoms with E-state index >= 15 is 0 Å². The summed E-state index contributed by atoms with van der Waals surface area (Å²) in [6.07, 6.45) is 0.765. The largest absolute Gasteiger partial charge is 0.490 e. The highest BCUT2D eigenvalue weighted by atomic mass is 19.4. The number of carboxylic acids is 1. The van der Waals surface area contributed by atoms with Crippen molar-refractivity contribution in [1.29, 1.82) is 5.26 Å². The van der Waals surface area contributed by atoms with Gasteiger partial charge in [-0.2, -0.15) is 18.4 Å². The minimum absolute atomic E-state index is 0.312. The molecule has 0 spiro atoms. The van der Waals surface area contributed by atoms with E-state index in [0.717, 1.165) is 31.8 Å². The van der Waals surface area contributed by atoms with Crippen LogP contribution in [0.2, 0.25) is 0 Å². The Labute approximate surface area is 127 Å². The molecule has 2 fully saturated rings. The fourth-order valence-electron chi connectivity index (χ4n) is 2.89. The summed E-state index contributed by atoms with van der Waals surface area (Å²) >= 11 is 0. The van der Waals surface area contributed by atoms with E-state index in [1.54, 1.807) is 0 Å². The van der Waals surface area contributed by atoms with E-state index < -0.39 is 12.1 Å². The first-order chi connectivity index (χ1) is 10.2. The molecule has 2 unspecified atom stereocenters. The number of nitrogens with two attached hydrogens (primary N) is 1. The zero-order valence-corrected chi connectivity index (χ0v) is 12.4. The van der Waals surface area contributed by atoms with Gasteiger partial charge in [0.05, 0.1) is 6.07 Å². The summed E-state index contributed by atoms with van der Waals surface area (Å²) in [5.74, 6) is -1.63. The summed E-state index contributed by atoms with van der Waals surface area (Å²) in [5, 5.41) is 15.9. The molecule has 0 bridgehead atoms. The molecule has 126 valence electrons. The summed E-state index contributed by atoms with van der Waals surface area (Å²) in [6.45, 7) is 3.44. The van der Waals surface area contributed by atoms with Crippen LogP contribution in [0.1, 0.15) is 32.1 Å². The van der Waals surface area contributed by atoms with Crippen molar-refractivity contribution in [3.8, 4) is 6.07 Å². The predicted octanol–water partition coefficient (Wildman–Crippen LogP) is 1.98. The second-order valence-corrected chi connectivity index (χ2v) is 5.95. The third-order valence-electron chi connectivity index (χ3n) is 4.11. The molecule has 1 aliphatic carbocycles. The number of alkyl halides is 3. The number of piperidine rings is 1. The number of likely N-dealkylation sites (tertiary alicyclic amines) is 1. The van der Waals surface area contributed by atoms with E-state index in [-0.39, 0.29) is 0 Å². The van der Waals surface area contributed by atoms with Gasteiger partial charge in [-0.25, -0.2) is 4.79 Å². The number of rotatable bonds is 2. The van der Waals surface area contributed by atoms with E-state index in [2.05, 4.69) is 11.0 Å². The molecule has 0 amide bonds. The van der Waals surface area contributed by atoms with E-state index in [1.807, 2.05) is 0 Å². The highest BCUT2D eigenvalue weighted by Gasteiger charge is 2.38. The molecule has 5 nitrogen and oxygen atoms in total. The fourth-order valence-corrected chi connectivity index (χ4v) is 2.89. The van der Waals surface area contributed by atoms with Gasteiger partial charge in [0.25, 0.3) is 0 Å². The molecular weight excluding hydrogens is 299 g/mol. The summed E-state index contributed by atoms with van der Waals surface area (Å²) in [6, 6.07) is 2.83. The predicted molar refractivity (Wildman–Crippen MR) is 73.8 cm³/mol. The van der Waals surface area contributed by atoms with Crippen molar-refractivity contribution in [2.24, 2.45) is 17.6 Å². The molecule has 2 atom stereocenters. The molecule has 0 radical (unpaired) electrons.